The molecule has 2 heterocycles. The highest BCUT2D eigenvalue weighted by molar-refractivity contribution is 7.18. The highest BCUT2D eigenvalue weighted by Crippen LogP contribution is 2.29. The molecule has 5 nitrogen and oxygen atoms in total. The van der Waals surface area contributed by atoms with E-state index in [1.807, 2.05) is 26.0 Å². The summed E-state index contributed by atoms with van der Waals surface area (Å²) in [5.74, 6) is 1.52. The summed E-state index contributed by atoms with van der Waals surface area (Å²) >= 11 is 1.68. The summed E-state index contributed by atoms with van der Waals surface area (Å²) in [5, 5.41) is 6.10. The standard InChI is InChI=1S/C11H17N5S/c1-5-12-11-13-9(15-16(3)4)8-6-7(2)17-10(8)14-11/h6H,5H2,1-4H3,(H2,12,13,14,15). The second-order valence-corrected chi connectivity index (χ2v) is 5.24. The van der Waals surface area contributed by atoms with Crippen LogP contribution < -0.4 is 10.7 Å². The SMILES string of the molecule is CCNc1nc(NN(C)C)c2cc(C)sc2n1. The van der Waals surface area contributed by atoms with Gasteiger partial charge >= 0.3 is 0 Å². The third-order valence-corrected chi connectivity index (χ3v) is 3.12. The van der Waals surface area contributed by atoms with Gasteiger partial charge in [0.15, 0.2) is 5.82 Å². The Bertz CT molecular complexity index is 520. The molecule has 0 radical (unpaired) electrons. The van der Waals surface area contributed by atoms with Crippen LogP contribution >= 0.6 is 11.3 Å². The van der Waals surface area contributed by atoms with E-state index in [9.17, 15) is 0 Å². The minimum Gasteiger partial charge on any atom is -0.354 e. The molecule has 0 atom stereocenters. The van der Waals surface area contributed by atoms with Crippen LogP contribution in [0.25, 0.3) is 10.2 Å². The molecule has 0 unspecified atom stereocenters. The quantitative estimate of drug-likeness (QED) is 0.817. The van der Waals surface area contributed by atoms with Gasteiger partial charge < -0.3 is 10.7 Å². The zero-order valence-electron chi connectivity index (χ0n) is 10.5. The molecule has 17 heavy (non-hydrogen) atoms. The maximum atomic E-state index is 4.49. The second kappa shape index (κ2) is 4.85. The minimum atomic E-state index is 0.672. The molecule has 0 bridgehead atoms. The Morgan fingerprint density at radius 1 is 1.35 bits per heavy atom. The molecule has 0 saturated heterocycles. The summed E-state index contributed by atoms with van der Waals surface area (Å²) in [6.07, 6.45) is 0. The Balaban J connectivity index is 2.51. The summed E-state index contributed by atoms with van der Waals surface area (Å²) in [5.41, 5.74) is 3.21. The minimum absolute atomic E-state index is 0.672. The molecule has 2 rings (SSSR count). The fourth-order valence-electron chi connectivity index (χ4n) is 1.58. The lowest BCUT2D eigenvalue weighted by Gasteiger charge is -2.14. The van der Waals surface area contributed by atoms with Crippen molar-refractivity contribution in [2.24, 2.45) is 0 Å². The van der Waals surface area contributed by atoms with Gasteiger partial charge in [-0.15, -0.1) is 11.3 Å². The molecule has 0 aliphatic rings. The highest BCUT2D eigenvalue weighted by Gasteiger charge is 2.10. The summed E-state index contributed by atoms with van der Waals surface area (Å²) in [6, 6.07) is 2.11. The monoisotopic (exact) mass is 251 g/mol. The Hall–Kier alpha value is -1.40. The van der Waals surface area contributed by atoms with Gasteiger partial charge in [-0.2, -0.15) is 4.98 Å². The van der Waals surface area contributed by atoms with Gasteiger partial charge in [-0.05, 0) is 19.9 Å². The second-order valence-electron chi connectivity index (χ2n) is 4.01. The van der Waals surface area contributed by atoms with Crippen molar-refractivity contribution in [2.75, 3.05) is 31.4 Å². The topological polar surface area (TPSA) is 53.1 Å². The van der Waals surface area contributed by atoms with E-state index < -0.39 is 0 Å². The molecule has 0 amide bonds. The molecule has 0 aliphatic carbocycles. The Labute approximate surface area is 105 Å². The summed E-state index contributed by atoms with van der Waals surface area (Å²) < 4.78 is 0. The van der Waals surface area contributed by atoms with Crippen LogP contribution in [0.2, 0.25) is 0 Å². The number of aromatic nitrogens is 2. The van der Waals surface area contributed by atoms with E-state index >= 15 is 0 Å². The number of nitrogens with one attached hydrogen (secondary N) is 2. The molecule has 0 saturated carbocycles. The van der Waals surface area contributed by atoms with Crippen LogP contribution in [0, 0.1) is 6.92 Å². The van der Waals surface area contributed by atoms with E-state index in [0.717, 1.165) is 22.6 Å². The first kappa shape index (κ1) is 12.1. The average molecular weight is 251 g/mol. The van der Waals surface area contributed by atoms with Crippen LogP contribution in [0.4, 0.5) is 11.8 Å². The first-order chi connectivity index (χ1) is 8.10. The third kappa shape index (κ3) is 2.65. The van der Waals surface area contributed by atoms with Crippen LogP contribution in [0.1, 0.15) is 11.8 Å². The first-order valence-corrected chi connectivity index (χ1v) is 6.38. The van der Waals surface area contributed by atoms with E-state index in [1.54, 1.807) is 11.3 Å². The van der Waals surface area contributed by atoms with Gasteiger partial charge in [-0.3, -0.25) is 0 Å². The van der Waals surface area contributed by atoms with E-state index in [-0.39, 0.29) is 0 Å². The lowest BCUT2D eigenvalue weighted by molar-refractivity contribution is 0.493. The third-order valence-electron chi connectivity index (χ3n) is 2.18. The van der Waals surface area contributed by atoms with Crippen molar-refractivity contribution in [3.05, 3.63) is 10.9 Å². The Morgan fingerprint density at radius 3 is 2.76 bits per heavy atom. The van der Waals surface area contributed by atoms with Crippen molar-refractivity contribution in [1.29, 1.82) is 0 Å². The summed E-state index contributed by atoms with van der Waals surface area (Å²) in [6.45, 7) is 4.93. The molecule has 0 aliphatic heterocycles. The van der Waals surface area contributed by atoms with Gasteiger partial charge in [-0.1, -0.05) is 0 Å². The fraction of sp³-hybridized carbons (Fsp3) is 0.455. The number of nitrogens with zero attached hydrogens (tertiary/aromatic N) is 3. The van der Waals surface area contributed by atoms with Gasteiger partial charge in [0.25, 0.3) is 0 Å². The summed E-state index contributed by atoms with van der Waals surface area (Å²) in [7, 11) is 3.89. The zero-order chi connectivity index (χ0) is 12.4. The molecule has 2 N–H and O–H groups in total. The van der Waals surface area contributed by atoms with Crippen molar-refractivity contribution < 1.29 is 0 Å². The lowest BCUT2D eigenvalue weighted by atomic mass is 10.3. The van der Waals surface area contributed by atoms with Crippen molar-refractivity contribution in [3.8, 4) is 0 Å². The number of hydrazine groups is 1. The molecule has 0 spiro atoms. The number of aryl methyl sites for hydroxylation is 1. The Morgan fingerprint density at radius 2 is 2.12 bits per heavy atom. The van der Waals surface area contributed by atoms with E-state index in [4.69, 9.17) is 0 Å². The zero-order valence-corrected chi connectivity index (χ0v) is 11.4. The van der Waals surface area contributed by atoms with Crippen molar-refractivity contribution >= 4 is 33.3 Å². The number of thiophene rings is 1. The van der Waals surface area contributed by atoms with Crippen LogP contribution in [0.15, 0.2) is 6.07 Å². The van der Waals surface area contributed by atoms with Crippen molar-refractivity contribution in [2.45, 2.75) is 13.8 Å². The molecular formula is C11H17N5S. The van der Waals surface area contributed by atoms with Gasteiger partial charge in [0.1, 0.15) is 4.83 Å². The van der Waals surface area contributed by atoms with Crippen LogP contribution in [0.5, 0.6) is 0 Å². The molecule has 92 valence electrons. The number of hydrogen-bond acceptors (Lipinski definition) is 6. The van der Waals surface area contributed by atoms with E-state index in [2.05, 4.69) is 33.7 Å². The molecular weight excluding hydrogens is 234 g/mol. The molecule has 0 fully saturated rings. The van der Waals surface area contributed by atoms with E-state index in [0.29, 0.717) is 5.95 Å². The predicted molar refractivity (Wildman–Crippen MR) is 73.6 cm³/mol. The van der Waals surface area contributed by atoms with Crippen LogP contribution in [-0.2, 0) is 0 Å². The highest BCUT2D eigenvalue weighted by atomic mass is 32.1. The summed E-state index contributed by atoms with van der Waals surface area (Å²) in [4.78, 5) is 11.2. The van der Waals surface area contributed by atoms with E-state index in [1.165, 1.54) is 4.88 Å². The maximum Gasteiger partial charge on any atom is 0.226 e. The van der Waals surface area contributed by atoms with Crippen molar-refractivity contribution in [3.63, 3.8) is 0 Å². The number of anilines is 2. The van der Waals surface area contributed by atoms with Crippen LogP contribution in [0.3, 0.4) is 0 Å². The maximum absolute atomic E-state index is 4.49. The van der Waals surface area contributed by atoms with Crippen molar-refractivity contribution in [1.82, 2.24) is 15.0 Å². The normalized spacial score (nSPS) is 11.1. The fourth-order valence-corrected chi connectivity index (χ4v) is 2.46. The number of fused-ring (bicyclic) bond motifs is 1. The lowest BCUT2D eigenvalue weighted by Crippen LogP contribution is -2.21. The van der Waals surface area contributed by atoms with Gasteiger partial charge in [0.2, 0.25) is 5.95 Å². The molecule has 0 aromatic carbocycles. The number of rotatable bonds is 4. The average Bonchev–Trinajstić information content (AvgIpc) is 2.58. The smallest absolute Gasteiger partial charge is 0.226 e. The largest absolute Gasteiger partial charge is 0.354 e. The van der Waals surface area contributed by atoms with Gasteiger partial charge in [0, 0.05) is 25.5 Å². The van der Waals surface area contributed by atoms with Crippen LogP contribution in [-0.4, -0.2) is 35.6 Å². The molecule has 2 aromatic rings. The van der Waals surface area contributed by atoms with Gasteiger partial charge in [0.05, 0.1) is 5.39 Å². The molecule has 6 heteroatoms. The predicted octanol–water partition coefficient (Wildman–Crippen LogP) is 2.32. The molecule has 2 aromatic heterocycles. The first-order valence-electron chi connectivity index (χ1n) is 5.56. The van der Waals surface area contributed by atoms with Gasteiger partial charge in [-0.25, -0.2) is 9.99 Å². The Kier molecular flexibility index (Phi) is 3.44. The number of hydrogen-bond donors (Lipinski definition) is 2.